The standard InChI is InChI=1S/C19H38N4O4S.HI/c1-2-20-19(21-9-4-11-27-16-18-7-12-26-13-8-18)22-10-14-28(24,25)23-15-17-5-3-6-17;/h17-18,23H,2-16H2,1H3,(H2,20,21,22);1H. The lowest BCUT2D eigenvalue weighted by Gasteiger charge is -2.25. The molecular formula is C19H39IN4O4S. The van der Waals surface area contributed by atoms with Gasteiger partial charge in [-0.2, -0.15) is 0 Å². The Hall–Kier alpha value is -0.170. The van der Waals surface area contributed by atoms with Crippen LogP contribution in [0.25, 0.3) is 0 Å². The Bertz CT molecular complexity index is 552. The minimum absolute atomic E-state index is 0. The fourth-order valence-corrected chi connectivity index (χ4v) is 4.18. The van der Waals surface area contributed by atoms with E-state index in [0.717, 1.165) is 58.5 Å². The first kappa shape index (κ1) is 26.9. The largest absolute Gasteiger partial charge is 0.381 e. The zero-order chi connectivity index (χ0) is 20.1. The molecule has 172 valence electrons. The lowest BCUT2D eigenvalue weighted by molar-refractivity contribution is 0.0205. The number of nitrogens with zero attached hydrogens (tertiary/aromatic N) is 1. The van der Waals surface area contributed by atoms with Gasteiger partial charge in [0.1, 0.15) is 0 Å². The summed E-state index contributed by atoms with van der Waals surface area (Å²) in [6.45, 7) is 7.48. The maximum Gasteiger partial charge on any atom is 0.213 e. The van der Waals surface area contributed by atoms with E-state index < -0.39 is 10.0 Å². The van der Waals surface area contributed by atoms with Crippen molar-refractivity contribution in [3.05, 3.63) is 0 Å². The summed E-state index contributed by atoms with van der Waals surface area (Å²) in [4.78, 5) is 4.49. The summed E-state index contributed by atoms with van der Waals surface area (Å²) in [6, 6.07) is 0. The average Bonchev–Trinajstić information content (AvgIpc) is 2.64. The summed E-state index contributed by atoms with van der Waals surface area (Å²) in [7, 11) is -3.23. The highest BCUT2D eigenvalue weighted by Gasteiger charge is 2.20. The van der Waals surface area contributed by atoms with Crippen molar-refractivity contribution in [2.24, 2.45) is 16.8 Å². The van der Waals surface area contributed by atoms with Crippen LogP contribution in [-0.4, -0.2) is 72.7 Å². The zero-order valence-electron chi connectivity index (χ0n) is 17.7. The second-order valence-electron chi connectivity index (χ2n) is 7.64. The van der Waals surface area contributed by atoms with Gasteiger partial charge < -0.3 is 20.1 Å². The number of halogens is 1. The van der Waals surface area contributed by atoms with Gasteiger partial charge in [-0.25, -0.2) is 13.1 Å². The summed E-state index contributed by atoms with van der Waals surface area (Å²) in [6.07, 6.45) is 6.52. The van der Waals surface area contributed by atoms with Gasteiger partial charge in [-0.05, 0) is 50.9 Å². The molecule has 0 aromatic carbocycles. The summed E-state index contributed by atoms with van der Waals surface area (Å²) in [5.41, 5.74) is 0. The minimum atomic E-state index is -3.23. The number of hydrogen-bond donors (Lipinski definition) is 3. The van der Waals surface area contributed by atoms with E-state index in [-0.39, 0.29) is 29.7 Å². The minimum Gasteiger partial charge on any atom is -0.381 e. The molecule has 2 fully saturated rings. The fraction of sp³-hybridized carbons (Fsp3) is 0.947. The van der Waals surface area contributed by atoms with Crippen LogP contribution in [0.15, 0.2) is 4.99 Å². The Balaban J connectivity index is 0.00000420. The van der Waals surface area contributed by atoms with Crippen molar-refractivity contribution in [2.75, 3.05) is 58.4 Å². The molecule has 1 aliphatic heterocycles. The van der Waals surface area contributed by atoms with Crippen LogP contribution in [0.5, 0.6) is 0 Å². The van der Waals surface area contributed by atoms with Crippen LogP contribution in [0, 0.1) is 11.8 Å². The quantitative estimate of drug-likeness (QED) is 0.141. The third-order valence-electron chi connectivity index (χ3n) is 5.24. The van der Waals surface area contributed by atoms with E-state index in [1.165, 1.54) is 6.42 Å². The lowest BCUT2D eigenvalue weighted by atomic mass is 9.86. The molecule has 0 spiro atoms. The normalized spacial score (nSPS) is 18.7. The van der Waals surface area contributed by atoms with Gasteiger partial charge in [-0.3, -0.25) is 4.99 Å². The van der Waals surface area contributed by atoms with Crippen molar-refractivity contribution in [1.29, 1.82) is 0 Å². The molecule has 0 radical (unpaired) electrons. The Kier molecular flexibility index (Phi) is 14.5. The molecule has 3 N–H and O–H groups in total. The van der Waals surface area contributed by atoms with E-state index in [9.17, 15) is 8.42 Å². The van der Waals surface area contributed by atoms with E-state index in [1.807, 2.05) is 6.92 Å². The van der Waals surface area contributed by atoms with Crippen LogP contribution < -0.4 is 15.4 Å². The number of hydrogen-bond acceptors (Lipinski definition) is 5. The maximum atomic E-state index is 12.0. The molecule has 0 amide bonds. The molecule has 2 rings (SSSR count). The Morgan fingerprint density at radius 2 is 1.90 bits per heavy atom. The second-order valence-corrected chi connectivity index (χ2v) is 9.56. The Labute approximate surface area is 193 Å². The summed E-state index contributed by atoms with van der Waals surface area (Å²) in [5, 5.41) is 6.25. The third-order valence-corrected chi connectivity index (χ3v) is 6.58. The van der Waals surface area contributed by atoms with Gasteiger partial charge in [0.25, 0.3) is 0 Å². The van der Waals surface area contributed by atoms with Crippen LogP contribution in [0.4, 0.5) is 0 Å². The van der Waals surface area contributed by atoms with Crippen molar-refractivity contribution in [3.63, 3.8) is 0 Å². The highest BCUT2D eigenvalue weighted by molar-refractivity contribution is 14.0. The fourth-order valence-electron chi connectivity index (χ4n) is 3.18. The summed E-state index contributed by atoms with van der Waals surface area (Å²) < 4.78 is 37.9. The smallest absolute Gasteiger partial charge is 0.213 e. The lowest BCUT2D eigenvalue weighted by Crippen LogP contribution is -2.42. The van der Waals surface area contributed by atoms with Gasteiger partial charge in [-0.1, -0.05) is 6.42 Å². The molecule has 1 heterocycles. The predicted molar refractivity (Wildman–Crippen MR) is 128 cm³/mol. The van der Waals surface area contributed by atoms with Crippen molar-refractivity contribution in [2.45, 2.75) is 45.4 Å². The summed E-state index contributed by atoms with van der Waals surface area (Å²) in [5.74, 6) is 1.85. The molecule has 1 saturated heterocycles. The van der Waals surface area contributed by atoms with Crippen LogP contribution in [0.1, 0.15) is 45.4 Å². The molecule has 2 aliphatic rings. The van der Waals surface area contributed by atoms with Gasteiger partial charge >= 0.3 is 0 Å². The van der Waals surface area contributed by atoms with Gasteiger partial charge in [0.2, 0.25) is 10.0 Å². The highest BCUT2D eigenvalue weighted by Crippen LogP contribution is 2.25. The van der Waals surface area contributed by atoms with Crippen molar-refractivity contribution < 1.29 is 17.9 Å². The molecule has 0 aromatic heterocycles. The van der Waals surface area contributed by atoms with Crippen LogP contribution in [0.3, 0.4) is 0 Å². The Morgan fingerprint density at radius 3 is 2.55 bits per heavy atom. The van der Waals surface area contributed by atoms with Crippen LogP contribution in [-0.2, 0) is 19.5 Å². The average molecular weight is 547 g/mol. The van der Waals surface area contributed by atoms with Gasteiger partial charge in [-0.15, -0.1) is 24.0 Å². The molecule has 0 bridgehead atoms. The topological polar surface area (TPSA) is 101 Å². The number of guanidine groups is 1. The van der Waals surface area contributed by atoms with Crippen molar-refractivity contribution in [3.8, 4) is 0 Å². The second kappa shape index (κ2) is 15.6. The van der Waals surface area contributed by atoms with E-state index in [4.69, 9.17) is 9.47 Å². The molecule has 29 heavy (non-hydrogen) atoms. The summed E-state index contributed by atoms with van der Waals surface area (Å²) >= 11 is 0. The maximum absolute atomic E-state index is 12.0. The van der Waals surface area contributed by atoms with Crippen LogP contribution in [0.2, 0.25) is 0 Å². The van der Waals surface area contributed by atoms with E-state index in [1.54, 1.807) is 0 Å². The molecule has 1 saturated carbocycles. The van der Waals surface area contributed by atoms with Gasteiger partial charge in [0.15, 0.2) is 5.96 Å². The number of rotatable bonds is 13. The van der Waals surface area contributed by atoms with Crippen molar-refractivity contribution >= 4 is 40.0 Å². The molecule has 10 heteroatoms. The first-order valence-electron chi connectivity index (χ1n) is 10.7. The molecular weight excluding hydrogens is 507 g/mol. The third kappa shape index (κ3) is 12.3. The van der Waals surface area contributed by atoms with E-state index in [0.29, 0.717) is 44.0 Å². The number of ether oxygens (including phenoxy) is 2. The van der Waals surface area contributed by atoms with Crippen molar-refractivity contribution in [1.82, 2.24) is 15.4 Å². The van der Waals surface area contributed by atoms with Gasteiger partial charge in [0, 0.05) is 52.6 Å². The first-order chi connectivity index (χ1) is 13.6. The molecule has 0 aromatic rings. The first-order valence-corrected chi connectivity index (χ1v) is 12.4. The highest BCUT2D eigenvalue weighted by atomic mass is 127. The molecule has 8 nitrogen and oxygen atoms in total. The number of sulfonamides is 1. The number of nitrogens with one attached hydrogen (secondary N) is 3. The SMILES string of the molecule is CCNC(=NCCCOCC1CCOCC1)NCCS(=O)(=O)NCC1CCC1.I. The number of aliphatic imine (C=N–C) groups is 1. The molecule has 0 unspecified atom stereocenters. The molecule has 1 aliphatic carbocycles. The van der Waals surface area contributed by atoms with E-state index in [2.05, 4.69) is 20.3 Å². The van der Waals surface area contributed by atoms with Crippen LogP contribution >= 0.6 is 24.0 Å². The van der Waals surface area contributed by atoms with E-state index >= 15 is 0 Å². The zero-order valence-corrected chi connectivity index (χ0v) is 20.8. The predicted octanol–water partition coefficient (Wildman–Crippen LogP) is 1.71. The Morgan fingerprint density at radius 1 is 1.14 bits per heavy atom. The molecule has 0 atom stereocenters. The monoisotopic (exact) mass is 546 g/mol. The van der Waals surface area contributed by atoms with Gasteiger partial charge in [0.05, 0.1) is 5.75 Å².